The highest BCUT2D eigenvalue weighted by molar-refractivity contribution is 7.05. The Morgan fingerprint density at radius 1 is 1.48 bits per heavy atom. The van der Waals surface area contributed by atoms with Gasteiger partial charge in [-0.25, -0.2) is 4.79 Å². The van der Waals surface area contributed by atoms with Crippen LogP contribution in [0, 0.1) is 6.92 Å². The second-order valence-electron chi connectivity index (χ2n) is 4.83. The lowest BCUT2D eigenvalue weighted by Crippen LogP contribution is -2.38. The Kier molecular flexibility index (Phi) is 5.14. The van der Waals surface area contributed by atoms with Gasteiger partial charge >= 0.3 is 6.03 Å². The Morgan fingerprint density at radius 2 is 2.19 bits per heavy atom. The molecule has 0 bridgehead atoms. The van der Waals surface area contributed by atoms with Crippen LogP contribution in [0.15, 0.2) is 24.3 Å². The van der Waals surface area contributed by atoms with Gasteiger partial charge < -0.3 is 10.2 Å². The number of hydrogen-bond donors (Lipinski definition) is 1. The average Bonchev–Trinajstić information content (AvgIpc) is 2.84. The van der Waals surface area contributed by atoms with Crippen LogP contribution in [0.2, 0.25) is 5.02 Å². The Bertz CT molecular complexity index is 631. The molecule has 2 rings (SSSR count). The number of carbonyl (C=O) groups is 1. The molecule has 0 saturated carbocycles. The fraction of sp³-hybridized carbons (Fsp3) is 0.357. The van der Waals surface area contributed by atoms with Crippen LogP contribution < -0.4 is 5.32 Å². The van der Waals surface area contributed by atoms with Gasteiger partial charge in [-0.3, -0.25) is 0 Å². The molecular weight excluding hydrogens is 308 g/mol. The summed E-state index contributed by atoms with van der Waals surface area (Å²) in [5.41, 5.74) is 1.76. The van der Waals surface area contributed by atoms with E-state index in [1.807, 2.05) is 38.1 Å². The number of benzene rings is 1. The summed E-state index contributed by atoms with van der Waals surface area (Å²) in [5, 5.41) is 7.53. The molecule has 0 aliphatic rings. The van der Waals surface area contributed by atoms with Gasteiger partial charge in [0.1, 0.15) is 0 Å². The van der Waals surface area contributed by atoms with Crippen molar-refractivity contribution >= 4 is 29.2 Å². The maximum absolute atomic E-state index is 12.2. The molecule has 7 heteroatoms. The smallest absolute Gasteiger partial charge is 0.317 e. The topological polar surface area (TPSA) is 58.1 Å². The number of aromatic nitrogens is 2. The van der Waals surface area contributed by atoms with Crippen LogP contribution in [0.1, 0.15) is 29.1 Å². The standard InChI is InChI=1S/C14H17ClN4OS/c1-9(11-6-4-5-7-12(11)15)16-14(20)19(3)8-13-10(2)17-18-21-13/h4-7,9H,8H2,1-3H3,(H,16,20)/t9-/m0/s1. The molecule has 0 unspecified atom stereocenters. The molecule has 1 aromatic carbocycles. The van der Waals surface area contributed by atoms with Crippen LogP contribution in [-0.4, -0.2) is 27.6 Å². The van der Waals surface area contributed by atoms with Crippen LogP contribution in [0.5, 0.6) is 0 Å². The highest BCUT2D eigenvalue weighted by atomic mass is 35.5. The van der Waals surface area contributed by atoms with Crippen LogP contribution in [0.3, 0.4) is 0 Å². The van der Waals surface area contributed by atoms with Gasteiger partial charge in [0, 0.05) is 12.1 Å². The summed E-state index contributed by atoms with van der Waals surface area (Å²) in [5.74, 6) is 0. The summed E-state index contributed by atoms with van der Waals surface area (Å²) in [6.45, 7) is 4.29. The fourth-order valence-corrected chi connectivity index (χ4v) is 2.87. The van der Waals surface area contributed by atoms with E-state index in [1.165, 1.54) is 11.5 Å². The summed E-state index contributed by atoms with van der Waals surface area (Å²) in [7, 11) is 1.74. The number of aryl methyl sites for hydroxylation is 1. The molecule has 0 aliphatic heterocycles. The van der Waals surface area contributed by atoms with Crippen molar-refractivity contribution < 1.29 is 4.79 Å². The first-order chi connectivity index (χ1) is 9.99. The maximum Gasteiger partial charge on any atom is 0.317 e. The van der Waals surface area contributed by atoms with Gasteiger partial charge in [0.05, 0.1) is 23.2 Å². The molecule has 21 heavy (non-hydrogen) atoms. The monoisotopic (exact) mass is 324 g/mol. The molecule has 0 fully saturated rings. The molecule has 0 aliphatic carbocycles. The molecular formula is C14H17ClN4OS. The number of nitrogens with zero attached hydrogens (tertiary/aromatic N) is 3. The first-order valence-corrected chi connectivity index (χ1v) is 7.68. The lowest BCUT2D eigenvalue weighted by atomic mass is 10.1. The van der Waals surface area contributed by atoms with Gasteiger partial charge in [-0.1, -0.05) is 34.3 Å². The van der Waals surface area contributed by atoms with Gasteiger partial charge in [-0.05, 0) is 37.0 Å². The van der Waals surface area contributed by atoms with Crippen molar-refractivity contribution in [3.63, 3.8) is 0 Å². The van der Waals surface area contributed by atoms with Crippen molar-refractivity contribution in [2.75, 3.05) is 7.05 Å². The minimum atomic E-state index is -0.158. The van der Waals surface area contributed by atoms with Crippen molar-refractivity contribution in [1.29, 1.82) is 0 Å². The Labute approximate surface area is 133 Å². The number of urea groups is 1. The van der Waals surface area contributed by atoms with Crippen molar-refractivity contribution in [2.45, 2.75) is 26.4 Å². The molecule has 0 spiro atoms. The highest BCUT2D eigenvalue weighted by Gasteiger charge is 2.16. The van der Waals surface area contributed by atoms with Gasteiger partial charge in [0.25, 0.3) is 0 Å². The Balaban J connectivity index is 1.98. The third kappa shape index (κ3) is 3.92. The van der Waals surface area contributed by atoms with Crippen molar-refractivity contribution in [3.05, 3.63) is 45.4 Å². The number of hydrogen-bond acceptors (Lipinski definition) is 4. The lowest BCUT2D eigenvalue weighted by molar-refractivity contribution is 0.204. The average molecular weight is 325 g/mol. The summed E-state index contributed by atoms with van der Waals surface area (Å²) < 4.78 is 3.87. The molecule has 1 heterocycles. The van der Waals surface area contributed by atoms with E-state index in [1.54, 1.807) is 11.9 Å². The predicted octanol–water partition coefficient (Wildman–Crippen LogP) is 3.40. The zero-order chi connectivity index (χ0) is 15.4. The number of halogens is 1. The molecule has 2 amide bonds. The predicted molar refractivity (Wildman–Crippen MR) is 84.5 cm³/mol. The normalized spacial score (nSPS) is 12.0. The van der Waals surface area contributed by atoms with Crippen molar-refractivity contribution in [1.82, 2.24) is 19.8 Å². The van der Waals surface area contributed by atoms with Crippen LogP contribution in [-0.2, 0) is 6.54 Å². The number of rotatable bonds is 4. The molecule has 1 aromatic heterocycles. The minimum absolute atomic E-state index is 0.157. The Hall–Kier alpha value is -1.66. The third-order valence-electron chi connectivity index (χ3n) is 3.18. The number of amides is 2. The molecule has 1 atom stereocenters. The largest absolute Gasteiger partial charge is 0.331 e. The van der Waals surface area contributed by atoms with Crippen LogP contribution >= 0.6 is 23.1 Å². The lowest BCUT2D eigenvalue weighted by Gasteiger charge is -2.21. The number of carbonyl (C=O) groups excluding carboxylic acids is 1. The van der Waals surface area contributed by atoms with Crippen molar-refractivity contribution in [2.24, 2.45) is 0 Å². The minimum Gasteiger partial charge on any atom is -0.331 e. The zero-order valence-electron chi connectivity index (χ0n) is 12.1. The molecule has 5 nitrogen and oxygen atoms in total. The second-order valence-corrected chi connectivity index (χ2v) is 6.08. The van der Waals surface area contributed by atoms with Crippen molar-refractivity contribution in [3.8, 4) is 0 Å². The molecule has 0 saturated heterocycles. The summed E-state index contributed by atoms with van der Waals surface area (Å²) in [6, 6.07) is 7.18. The van der Waals surface area contributed by atoms with E-state index in [9.17, 15) is 4.79 Å². The molecule has 112 valence electrons. The SMILES string of the molecule is Cc1nnsc1CN(C)C(=O)N[C@@H](C)c1ccccc1Cl. The van der Waals surface area contributed by atoms with E-state index in [-0.39, 0.29) is 12.1 Å². The van der Waals surface area contributed by atoms with Gasteiger partial charge in [-0.15, -0.1) is 5.10 Å². The van der Waals surface area contributed by atoms with E-state index >= 15 is 0 Å². The van der Waals surface area contributed by atoms with Gasteiger partial charge in [0.15, 0.2) is 0 Å². The molecule has 0 radical (unpaired) electrons. The van der Waals surface area contributed by atoms with E-state index < -0.39 is 0 Å². The first-order valence-electron chi connectivity index (χ1n) is 6.53. The first kappa shape index (κ1) is 15.7. The second kappa shape index (κ2) is 6.87. The number of nitrogens with one attached hydrogen (secondary N) is 1. The summed E-state index contributed by atoms with van der Waals surface area (Å²) >= 11 is 7.45. The van der Waals surface area contributed by atoms with E-state index in [0.717, 1.165) is 16.1 Å². The molecule has 2 aromatic rings. The Morgan fingerprint density at radius 3 is 2.81 bits per heavy atom. The van der Waals surface area contributed by atoms with E-state index in [4.69, 9.17) is 11.6 Å². The van der Waals surface area contributed by atoms with Crippen LogP contribution in [0.4, 0.5) is 4.79 Å². The third-order valence-corrected chi connectivity index (χ3v) is 4.34. The molecule has 1 N–H and O–H groups in total. The van der Waals surface area contributed by atoms with Crippen LogP contribution in [0.25, 0.3) is 0 Å². The van der Waals surface area contributed by atoms with E-state index in [2.05, 4.69) is 14.9 Å². The summed E-state index contributed by atoms with van der Waals surface area (Å²) in [6.07, 6.45) is 0. The quantitative estimate of drug-likeness (QED) is 0.937. The van der Waals surface area contributed by atoms with Gasteiger partial charge in [0.2, 0.25) is 0 Å². The summed E-state index contributed by atoms with van der Waals surface area (Å²) in [4.78, 5) is 14.8. The fourth-order valence-electron chi connectivity index (χ4n) is 1.88. The maximum atomic E-state index is 12.2. The zero-order valence-corrected chi connectivity index (χ0v) is 13.7. The van der Waals surface area contributed by atoms with Gasteiger partial charge in [-0.2, -0.15) is 0 Å². The highest BCUT2D eigenvalue weighted by Crippen LogP contribution is 2.22. The van der Waals surface area contributed by atoms with E-state index in [0.29, 0.717) is 11.6 Å².